The Morgan fingerprint density at radius 3 is 2.62 bits per heavy atom. The minimum Gasteiger partial charge on any atom is -0.494 e. The van der Waals surface area contributed by atoms with Gasteiger partial charge in [0, 0.05) is 28.8 Å². The maximum Gasteiger partial charge on any atom is 0.191 e. The second-order valence-electron chi connectivity index (χ2n) is 7.58. The molecule has 0 spiro atoms. The van der Waals surface area contributed by atoms with E-state index >= 15 is 0 Å². The molecule has 166 valence electrons. The number of ether oxygens (including phenoxy) is 1. The Labute approximate surface area is 197 Å². The second kappa shape index (κ2) is 10.8. The lowest BCUT2D eigenvalue weighted by molar-refractivity contribution is 0.309. The summed E-state index contributed by atoms with van der Waals surface area (Å²) in [5.74, 6) is 2.55. The molecule has 0 aliphatic heterocycles. The number of nitrogens with zero attached hydrogens (tertiary/aromatic N) is 4. The van der Waals surface area contributed by atoms with Gasteiger partial charge in [0.1, 0.15) is 10.8 Å². The van der Waals surface area contributed by atoms with Gasteiger partial charge in [0.2, 0.25) is 0 Å². The Kier molecular flexibility index (Phi) is 7.60. The number of unbranched alkanes of at least 4 members (excludes halogenated alkanes) is 1. The number of aryl methyl sites for hydroxylation is 1. The smallest absolute Gasteiger partial charge is 0.191 e. The van der Waals surface area contributed by atoms with Crippen molar-refractivity contribution in [3.05, 3.63) is 65.2 Å². The molecule has 2 heterocycles. The van der Waals surface area contributed by atoms with Crippen LogP contribution in [0.1, 0.15) is 37.9 Å². The molecule has 0 aliphatic carbocycles. The van der Waals surface area contributed by atoms with Crippen LogP contribution in [-0.4, -0.2) is 26.4 Å². The zero-order valence-electron chi connectivity index (χ0n) is 18.7. The van der Waals surface area contributed by atoms with E-state index in [-0.39, 0.29) is 0 Å². The summed E-state index contributed by atoms with van der Waals surface area (Å²) < 4.78 is 7.93. The van der Waals surface area contributed by atoms with E-state index in [0.717, 1.165) is 64.7 Å². The maximum atomic E-state index is 5.77. The van der Waals surface area contributed by atoms with Gasteiger partial charge in [-0.15, -0.1) is 21.5 Å². The first-order chi connectivity index (χ1) is 15.7. The van der Waals surface area contributed by atoms with Crippen molar-refractivity contribution in [2.75, 3.05) is 6.61 Å². The van der Waals surface area contributed by atoms with Crippen LogP contribution in [0.3, 0.4) is 0 Å². The molecule has 32 heavy (non-hydrogen) atoms. The predicted octanol–water partition coefficient (Wildman–Crippen LogP) is 6.87. The zero-order valence-corrected chi connectivity index (χ0v) is 20.4. The molecule has 4 aromatic rings. The molecule has 0 aliphatic rings. The molecule has 0 amide bonds. The highest BCUT2D eigenvalue weighted by molar-refractivity contribution is 7.98. The van der Waals surface area contributed by atoms with Gasteiger partial charge in [-0.1, -0.05) is 48.9 Å². The van der Waals surface area contributed by atoms with E-state index in [1.54, 1.807) is 23.1 Å². The quantitative estimate of drug-likeness (QED) is 0.189. The summed E-state index contributed by atoms with van der Waals surface area (Å²) >= 11 is 3.37. The average Bonchev–Trinajstić information content (AvgIpc) is 3.45. The fourth-order valence-corrected chi connectivity index (χ4v) is 5.17. The normalized spacial score (nSPS) is 11.1. The van der Waals surface area contributed by atoms with E-state index in [1.807, 2.05) is 12.1 Å². The van der Waals surface area contributed by atoms with Crippen molar-refractivity contribution in [2.24, 2.45) is 0 Å². The Morgan fingerprint density at radius 2 is 1.88 bits per heavy atom. The molecule has 0 atom stereocenters. The molecule has 0 N–H and O–H groups in total. The van der Waals surface area contributed by atoms with Gasteiger partial charge in [0.15, 0.2) is 11.0 Å². The first-order valence-electron chi connectivity index (χ1n) is 11.0. The fourth-order valence-electron chi connectivity index (χ4n) is 3.35. The van der Waals surface area contributed by atoms with Crippen LogP contribution in [0, 0.1) is 6.92 Å². The molecule has 0 fully saturated rings. The number of thiazole rings is 1. The minimum absolute atomic E-state index is 0.754. The fraction of sp³-hybridized carbons (Fsp3) is 0.320. The number of aromatic nitrogens is 4. The number of rotatable bonds is 10. The van der Waals surface area contributed by atoms with E-state index in [4.69, 9.17) is 9.72 Å². The molecule has 4 rings (SSSR count). The summed E-state index contributed by atoms with van der Waals surface area (Å²) in [5.41, 5.74) is 4.53. The van der Waals surface area contributed by atoms with Gasteiger partial charge in [-0.3, -0.25) is 0 Å². The highest BCUT2D eigenvalue weighted by atomic mass is 32.2. The van der Waals surface area contributed by atoms with E-state index < -0.39 is 0 Å². The average molecular weight is 465 g/mol. The Balaban J connectivity index is 1.43. The SMILES string of the molecule is CCCCOc1ccc(-c2nnc(SCc3csc(-c4cccc(C)c4)n3)n2CC)cc1. The van der Waals surface area contributed by atoms with Crippen molar-refractivity contribution in [1.82, 2.24) is 19.7 Å². The molecule has 2 aromatic heterocycles. The van der Waals surface area contributed by atoms with Gasteiger partial charge >= 0.3 is 0 Å². The number of thioether (sulfide) groups is 1. The van der Waals surface area contributed by atoms with Crippen LogP contribution < -0.4 is 4.74 Å². The summed E-state index contributed by atoms with van der Waals surface area (Å²) in [7, 11) is 0. The molecule has 0 bridgehead atoms. The Hall–Kier alpha value is -2.64. The summed E-state index contributed by atoms with van der Waals surface area (Å²) in [4.78, 5) is 4.82. The van der Waals surface area contributed by atoms with Gasteiger partial charge in [-0.2, -0.15) is 0 Å². The van der Waals surface area contributed by atoms with E-state index in [2.05, 4.69) is 77.3 Å². The third-order valence-corrected chi connectivity index (χ3v) is 7.02. The number of hydrogen-bond acceptors (Lipinski definition) is 6. The van der Waals surface area contributed by atoms with Crippen LogP contribution in [0.2, 0.25) is 0 Å². The van der Waals surface area contributed by atoms with Gasteiger partial charge in [0.25, 0.3) is 0 Å². The molecule has 5 nitrogen and oxygen atoms in total. The first-order valence-corrected chi connectivity index (χ1v) is 12.8. The van der Waals surface area contributed by atoms with Gasteiger partial charge in [-0.25, -0.2) is 4.98 Å². The van der Waals surface area contributed by atoms with Gasteiger partial charge in [-0.05, 0) is 50.6 Å². The third kappa shape index (κ3) is 5.40. The summed E-state index contributed by atoms with van der Waals surface area (Å²) in [6.45, 7) is 7.96. The number of benzene rings is 2. The van der Waals surface area contributed by atoms with E-state index in [0.29, 0.717) is 0 Å². The largest absolute Gasteiger partial charge is 0.494 e. The third-order valence-electron chi connectivity index (χ3n) is 5.08. The summed E-state index contributed by atoms with van der Waals surface area (Å²) in [6, 6.07) is 16.6. The minimum atomic E-state index is 0.754. The molecular formula is C25H28N4OS2. The van der Waals surface area contributed by atoms with Crippen molar-refractivity contribution < 1.29 is 4.74 Å². The summed E-state index contributed by atoms with van der Waals surface area (Å²) in [5, 5.41) is 13.0. The van der Waals surface area contributed by atoms with Crippen molar-refractivity contribution in [3.63, 3.8) is 0 Å². The Bertz CT molecular complexity index is 1150. The van der Waals surface area contributed by atoms with Crippen LogP contribution in [-0.2, 0) is 12.3 Å². The molecular weight excluding hydrogens is 436 g/mol. The standard InChI is InChI=1S/C25H28N4OS2/c1-4-6-14-30-22-12-10-19(11-13-22)23-27-28-25(29(23)5-2)32-17-21-16-31-24(26-21)20-9-7-8-18(3)15-20/h7-13,15-16H,4-6,14,17H2,1-3H3. The maximum absolute atomic E-state index is 5.77. The molecule has 7 heteroatoms. The Morgan fingerprint density at radius 1 is 1.03 bits per heavy atom. The van der Waals surface area contributed by atoms with Crippen molar-refractivity contribution >= 4 is 23.1 Å². The van der Waals surface area contributed by atoms with E-state index in [9.17, 15) is 0 Å². The van der Waals surface area contributed by atoms with Crippen LogP contribution in [0.25, 0.3) is 22.0 Å². The monoisotopic (exact) mass is 464 g/mol. The molecule has 0 saturated heterocycles. The van der Waals surface area contributed by atoms with Crippen LogP contribution in [0.15, 0.2) is 59.1 Å². The second-order valence-corrected chi connectivity index (χ2v) is 9.38. The van der Waals surface area contributed by atoms with Gasteiger partial charge in [0.05, 0.1) is 12.3 Å². The highest BCUT2D eigenvalue weighted by Crippen LogP contribution is 2.30. The molecule has 2 aromatic carbocycles. The number of hydrogen-bond donors (Lipinski definition) is 0. The van der Waals surface area contributed by atoms with Gasteiger partial charge < -0.3 is 9.30 Å². The lowest BCUT2D eigenvalue weighted by Gasteiger charge is -2.08. The highest BCUT2D eigenvalue weighted by Gasteiger charge is 2.14. The lowest BCUT2D eigenvalue weighted by atomic mass is 10.1. The van der Waals surface area contributed by atoms with E-state index in [1.165, 1.54) is 11.1 Å². The van der Waals surface area contributed by atoms with Crippen LogP contribution >= 0.6 is 23.1 Å². The van der Waals surface area contributed by atoms with Crippen molar-refractivity contribution in [2.45, 2.75) is 51.1 Å². The molecule has 0 saturated carbocycles. The first kappa shape index (κ1) is 22.6. The zero-order chi connectivity index (χ0) is 22.3. The molecule has 0 radical (unpaired) electrons. The van der Waals surface area contributed by atoms with Crippen LogP contribution in [0.4, 0.5) is 0 Å². The summed E-state index contributed by atoms with van der Waals surface area (Å²) in [6.07, 6.45) is 2.20. The predicted molar refractivity (Wildman–Crippen MR) is 133 cm³/mol. The van der Waals surface area contributed by atoms with Crippen molar-refractivity contribution in [3.8, 4) is 27.7 Å². The van der Waals surface area contributed by atoms with Crippen molar-refractivity contribution in [1.29, 1.82) is 0 Å². The molecule has 0 unspecified atom stereocenters. The topological polar surface area (TPSA) is 52.8 Å². The lowest BCUT2D eigenvalue weighted by Crippen LogP contribution is -2.00. The van der Waals surface area contributed by atoms with Crippen LogP contribution in [0.5, 0.6) is 5.75 Å².